The lowest BCUT2D eigenvalue weighted by atomic mass is 10.4. The number of rotatable bonds is 4. The zero-order valence-corrected chi connectivity index (χ0v) is 11.5. The highest BCUT2D eigenvalue weighted by molar-refractivity contribution is 7.85. The summed E-state index contributed by atoms with van der Waals surface area (Å²) in [6.07, 6.45) is 1.47. The van der Waals surface area contributed by atoms with E-state index in [0.29, 0.717) is 30.3 Å². The molecule has 1 aliphatic heterocycles. The molecule has 0 bridgehead atoms. The fourth-order valence-corrected chi connectivity index (χ4v) is 2.81. The van der Waals surface area contributed by atoms with Gasteiger partial charge >= 0.3 is 12.0 Å². The first-order chi connectivity index (χ1) is 9.54. The summed E-state index contributed by atoms with van der Waals surface area (Å²) in [7, 11) is -0.823. The molecule has 0 aromatic carbocycles. The van der Waals surface area contributed by atoms with E-state index >= 15 is 0 Å². The highest BCUT2D eigenvalue weighted by Gasteiger charge is 2.19. The SMILES string of the molecule is O=C(O)Cn1cc(CNC(=O)N2CCS(=O)CC2)nn1. The summed E-state index contributed by atoms with van der Waals surface area (Å²) >= 11 is 0. The fourth-order valence-electron chi connectivity index (χ4n) is 1.75. The number of aromatic nitrogens is 3. The summed E-state index contributed by atoms with van der Waals surface area (Å²) in [5, 5.41) is 18.7. The second-order valence-corrected chi connectivity index (χ2v) is 5.99. The van der Waals surface area contributed by atoms with Crippen LogP contribution >= 0.6 is 0 Å². The van der Waals surface area contributed by atoms with Crippen molar-refractivity contribution in [2.24, 2.45) is 0 Å². The zero-order chi connectivity index (χ0) is 14.5. The molecule has 10 heteroatoms. The van der Waals surface area contributed by atoms with E-state index in [1.807, 2.05) is 0 Å². The van der Waals surface area contributed by atoms with Crippen LogP contribution in [-0.4, -0.2) is 65.8 Å². The van der Waals surface area contributed by atoms with Crippen LogP contribution in [0.5, 0.6) is 0 Å². The molecule has 0 atom stereocenters. The Balaban J connectivity index is 1.79. The molecule has 0 unspecified atom stereocenters. The number of hydrogen-bond donors (Lipinski definition) is 2. The molecule has 0 radical (unpaired) electrons. The number of nitrogens with one attached hydrogen (secondary N) is 1. The Hall–Kier alpha value is -1.97. The summed E-state index contributed by atoms with van der Waals surface area (Å²) in [6, 6.07) is -0.241. The third-order valence-corrected chi connectivity index (χ3v) is 4.04. The van der Waals surface area contributed by atoms with Crippen molar-refractivity contribution < 1.29 is 18.9 Å². The van der Waals surface area contributed by atoms with E-state index in [2.05, 4.69) is 15.6 Å². The van der Waals surface area contributed by atoms with Crippen molar-refractivity contribution >= 4 is 22.8 Å². The number of carbonyl (C=O) groups excluding carboxylic acids is 1. The molecule has 1 aromatic heterocycles. The topological polar surface area (TPSA) is 117 Å². The molecule has 1 fully saturated rings. The van der Waals surface area contributed by atoms with Gasteiger partial charge in [0.1, 0.15) is 12.2 Å². The molecule has 1 saturated heterocycles. The van der Waals surface area contributed by atoms with Crippen LogP contribution in [0.15, 0.2) is 6.20 Å². The van der Waals surface area contributed by atoms with E-state index in [4.69, 9.17) is 5.11 Å². The van der Waals surface area contributed by atoms with Crippen molar-refractivity contribution in [2.45, 2.75) is 13.1 Å². The predicted molar refractivity (Wildman–Crippen MR) is 69.3 cm³/mol. The van der Waals surface area contributed by atoms with Crippen molar-refractivity contribution in [1.29, 1.82) is 0 Å². The van der Waals surface area contributed by atoms with Crippen LogP contribution in [0.2, 0.25) is 0 Å². The molecule has 9 nitrogen and oxygen atoms in total. The lowest BCUT2D eigenvalue weighted by molar-refractivity contribution is -0.137. The van der Waals surface area contributed by atoms with Crippen molar-refractivity contribution in [1.82, 2.24) is 25.2 Å². The highest BCUT2D eigenvalue weighted by atomic mass is 32.2. The van der Waals surface area contributed by atoms with E-state index in [1.165, 1.54) is 10.9 Å². The number of carboxylic acid groups (broad SMARTS) is 1. The lowest BCUT2D eigenvalue weighted by Crippen LogP contribution is -2.46. The standard InChI is InChI=1S/C10H15N5O4S/c16-9(17)7-15-6-8(12-13-15)5-11-10(18)14-1-3-20(19)4-2-14/h6H,1-5,7H2,(H,11,18)(H,16,17). The maximum atomic E-state index is 11.8. The molecule has 2 heterocycles. The van der Waals surface area contributed by atoms with Gasteiger partial charge in [-0.15, -0.1) is 5.10 Å². The van der Waals surface area contributed by atoms with Crippen LogP contribution in [0, 0.1) is 0 Å². The van der Waals surface area contributed by atoms with Gasteiger partial charge in [0.15, 0.2) is 0 Å². The van der Waals surface area contributed by atoms with Gasteiger partial charge in [0, 0.05) is 35.4 Å². The number of carbonyl (C=O) groups is 2. The monoisotopic (exact) mass is 301 g/mol. The third-order valence-electron chi connectivity index (χ3n) is 2.77. The van der Waals surface area contributed by atoms with Gasteiger partial charge in [0.2, 0.25) is 0 Å². The second-order valence-electron chi connectivity index (χ2n) is 4.30. The lowest BCUT2D eigenvalue weighted by Gasteiger charge is -2.26. The zero-order valence-electron chi connectivity index (χ0n) is 10.7. The van der Waals surface area contributed by atoms with Gasteiger partial charge in [-0.25, -0.2) is 9.48 Å². The van der Waals surface area contributed by atoms with Gasteiger partial charge < -0.3 is 15.3 Å². The maximum Gasteiger partial charge on any atom is 0.325 e. The molecule has 20 heavy (non-hydrogen) atoms. The van der Waals surface area contributed by atoms with Gasteiger partial charge in [-0.05, 0) is 0 Å². The van der Waals surface area contributed by atoms with E-state index < -0.39 is 16.8 Å². The van der Waals surface area contributed by atoms with Crippen molar-refractivity contribution in [3.8, 4) is 0 Å². The first-order valence-electron chi connectivity index (χ1n) is 6.03. The summed E-state index contributed by atoms with van der Waals surface area (Å²) < 4.78 is 12.4. The smallest absolute Gasteiger partial charge is 0.325 e. The molecule has 0 saturated carbocycles. The van der Waals surface area contributed by atoms with E-state index in [1.54, 1.807) is 4.90 Å². The number of carboxylic acids is 1. The van der Waals surface area contributed by atoms with Gasteiger partial charge in [-0.3, -0.25) is 9.00 Å². The Morgan fingerprint density at radius 1 is 1.40 bits per heavy atom. The second kappa shape index (κ2) is 6.46. The van der Waals surface area contributed by atoms with E-state index in [-0.39, 0.29) is 19.1 Å². The van der Waals surface area contributed by atoms with E-state index in [0.717, 1.165) is 0 Å². The van der Waals surface area contributed by atoms with Gasteiger partial charge in [0.05, 0.1) is 12.7 Å². The molecule has 0 aliphatic carbocycles. The van der Waals surface area contributed by atoms with Crippen LogP contribution in [-0.2, 0) is 28.7 Å². The number of nitrogens with zero attached hydrogens (tertiary/aromatic N) is 4. The Labute approximate surface area is 117 Å². The number of amides is 2. The van der Waals surface area contributed by atoms with Crippen LogP contribution in [0.3, 0.4) is 0 Å². The normalized spacial score (nSPS) is 16.1. The molecule has 2 amide bonds. The summed E-state index contributed by atoms with van der Waals surface area (Å²) in [5.41, 5.74) is 0.486. The van der Waals surface area contributed by atoms with Crippen molar-refractivity contribution in [2.75, 3.05) is 24.6 Å². The summed E-state index contributed by atoms with van der Waals surface area (Å²) in [6.45, 7) is 0.866. The molecule has 1 aliphatic rings. The number of urea groups is 1. The van der Waals surface area contributed by atoms with Gasteiger partial charge in [-0.2, -0.15) is 0 Å². The average molecular weight is 301 g/mol. The summed E-state index contributed by atoms with van der Waals surface area (Å²) in [4.78, 5) is 23.9. The quantitative estimate of drug-likeness (QED) is 0.709. The number of aliphatic carboxylic acids is 1. The molecule has 2 rings (SSSR count). The fraction of sp³-hybridized carbons (Fsp3) is 0.600. The molecular formula is C10H15N5O4S. The largest absolute Gasteiger partial charge is 0.480 e. The van der Waals surface area contributed by atoms with Crippen molar-refractivity contribution in [3.63, 3.8) is 0 Å². The molecule has 110 valence electrons. The van der Waals surface area contributed by atoms with E-state index in [9.17, 15) is 13.8 Å². The van der Waals surface area contributed by atoms with Crippen LogP contribution < -0.4 is 5.32 Å². The maximum absolute atomic E-state index is 11.8. The minimum Gasteiger partial charge on any atom is -0.480 e. The molecule has 2 N–H and O–H groups in total. The first kappa shape index (κ1) is 14.4. The van der Waals surface area contributed by atoms with Crippen LogP contribution in [0.1, 0.15) is 5.69 Å². The number of hydrogen-bond acceptors (Lipinski definition) is 5. The Kier molecular flexibility index (Phi) is 4.66. The predicted octanol–water partition coefficient (Wildman–Crippen LogP) is -1.36. The van der Waals surface area contributed by atoms with Crippen LogP contribution in [0.4, 0.5) is 4.79 Å². The Bertz CT molecular complexity index is 521. The first-order valence-corrected chi connectivity index (χ1v) is 7.52. The molecular weight excluding hydrogens is 286 g/mol. The van der Waals surface area contributed by atoms with Crippen LogP contribution in [0.25, 0.3) is 0 Å². The highest BCUT2D eigenvalue weighted by Crippen LogP contribution is 2.01. The average Bonchev–Trinajstić information content (AvgIpc) is 2.83. The Morgan fingerprint density at radius 2 is 2.10 bits per heavy atom. The third kappa shape index (κ3) is 4.02. The molecule has 0 spiro atoms. The molecule has 1 aromatic rings. The van der Waals surface area contributed by atoms with Gasteiger partial charge in [-0.1, -0.05) is 5.21 Å². The minimum absolute atomic E-state index is 0.179. The van der Waals surface area contributed by atoms with Gasteiger partial charge in [0.25, 0.3) is 0 Å². The Morgan fingerprint density at radius 3 is 2.75 bits per heavy atom. The van der Waals surface area contributed by atoms with Crippen molar-refractivity contribution in [3.05, 3.63) is 11.9 Å². The summed E-state index contributed by atoms with van der Waals surface area (Å²) in [5.74, 6) is -0.00320. The minimum atomic E-state index is -1.01.